The van der Waals surface area contributed by atoms with Crippen LogP contribution < -0.4 is 10.6 Å². The fourth-order valence-corrected chi connectivity index (χ4v) is 3.64. The third-order valence-electron chi connectivity index (χ3n) is 4.29. The maximum absolute atomic E-state index is 13.3. The predicted octanol–water partition coefficient (Wildman–Crippen LogP) is 2.70. The summed E-state index contributed by atoms with van der Waals surface area (Å²) < 4.78 is 14.8. The van der Waals surface area contributed by atoms with Crippen LogP contribution in [0.3, 0.4) is 0 Å². The summed E-state index contributed by atoms with van der Waals surface area (Å²) in [5.41, 5.74) is 1.11. The van der Waals surface area contributed by atoms with Crippen molar-refractivity contribution in [3.8, 4) is 0 Å². The first-order valence-corrected chi connectivity index (χ1v) is 9.70. The molecule has 0 aliphatic rings. The van der Waals surface area contributed by atoms with Crippen molar-refractivity contribution in [2.75, 3.05) is 5.32 Å². The SMILES string of the molecule is CC(NC(=O)c1ncnc2c1cnn2C)c1ncc(C(=O)Nc2cccc(F)c2)s1. The molecule has 0 saturated heterocycles. The summed E-state index contributed by atoms with van der Waals surface area (Å²) >= 11 is 1.14. The highest BCUT2D eigenvalue weighted by Crippen LogP contribution is 2.22. The zero-order valence-corrected chi connectivity index (χ0v) is 16.8. The Morgan fingerprint density at radius 1 is 1.17 bits per heavy atom. The third kappa shape index (κ3) is 3.87. The van der Waals surface area contributed by atoms with Crippen LogP contribution in [-0.2, 0) is 7.05 Å². The number of nitrogens with zero attached hydrogens (tertiary/aromatic N) is 5. The molecule has 152 valence electrons. The van der Waals surface area contributed by atoms with E-state index in [0.717, 1.165) is 11.3 Å². The van der Waals surface area contributed by atoms with Crippen molar-refractivity contribution in [3.05, 3.63) is 64.4 Å². The molecule has 2 amide bonds. The van der Waals surface area contributed by atoms with E-state index in [2.05, 4.69) is 30.7 Å². The lowest BCUT2D eigenvalue weighted by Crippen LogP contribution is -2.27. The van der Waals surface area contributed by atoms with Crippen molar-refractivity contribution in [3.63, 3.8) is 0 Å². The minimum atomic E-state index is -0.458. The van der Waals surface area contributed by atoms with Crippen LogP contribution in [0.4, 0.5) is 10.1 Å². The van der Waals surface area contributed by atoms with E-state index in [4.69, 9.17) is 0 Å². The van der Waals surface area contributed by atoms with Crippen molar-refractivity contribution in [2.24, 2.45) is 7.05 Å². The lowest BCUT2D eigenvalue weighted by atomic mass is 10.2. The zero-order chi connectivity index (χ0) is 21.3. The van der Waals surface area contributed by atoms with Crippen molar-refractivity contribution in [1.82, 2.24) is 30.0 Å². The van der Waals surface area contributed by atoms with Crippen molar-refractivity contribution in [1.29, 1.82) is 0 Å². The average molecular weight is 425 g/mol. The van der Waals surface area contributed by atoms with Gasteiger partial charge in [0.2, 0.25) is 0 Å². The Kier molecular flexibility index (Phi) is 5.19. The van der Waals surface area contributed by atoms with Gasteiger partial charge in [0, 0.05) is 12.7 Å². The predicted molar refractivity (Wildman–Crippen MR) is 109 cm³/mol. The second kappa shape index (κ2) is 7.95. The Morgan fingerprint density at radius 2 is 2.00 bits per heavy atom. The Balaban J connectivity index is 1.46. The Morgan fingerprint density at radius 3 is 2.80 bits per heavy atom. The summed E-state index contributed by atoms with van der Waals surface area (Å²) in [5.74, 6) is -1.25. The monoisotopic (exact) mass is 425 g/mol. The molecule has 0 aliphatic heterocycles. The molecular formula is C19H16FN7O2S. The Hall–Kier alpha value is -3.73. The molecule has 1 aromatic carbocycles. The maximum Gasteiger partial charge on any atom is 0.271 e. The first-order chi connectivity index (χ1) is 14.4. The molecule has 4 rings (SSSR count). The number of fused-ring (bicyclic) bond motifs is 1. The lowest BCUT2D eigenvalue weighted by molar-refractivity contribution is 0.0936. The number of thiazole rings is 1. The van der Waals surface area contributed by atoms with E-state index in [1.807, 2.05) is 0 Å². The molecule has 3 heterocycles. The standard InChI is InChI=1S/C19H16FN7O2S/c1-10(25-18(29)15-13-7-24-27(2)16(13)23-9-22-15)19-21-8-14(30-19)17(28)26-12-5-3-4-11(20)6-12/h3-10H,1-2H3,(H,25,29)(H,26,28). The summed E-state index contributed by atoms with van der Waals surface area (Å²) in [4.78, 5) is 37.8. The van der Waals surface area contributed by atoms with E-state index < -0.39 is 23.7 Å². The number of halogens is 1. The van der Waals surface area contributed by atoms with Gasteiger partial charge in [-0.2, -0.15) is 5.10 Å². The van der Waals surface area contributed by atoms with Gasteiger partial charge in [-0.3, -0.25) is 14.3 Å². The van der Waals surface area contributed by atoms with Crippen LogP contribution in [0.5, 0.6) is 0 Å². The van der Waals surface area contributed by atoms with Gasteiger partial charge < -0.3 is 10.6 Å². The van der Waals surface area contributed by atoms with Gasteiger partial charge in [-0.25, -0.2) is 19.3 Å². The van der Waals surface area contributed by atoms with Crippen LogP contribution in [0.15, 0.2) is 43.0 Å². The quantitative estimate of drug-likeness (QED) is 0.508. The number of aromatic nitrogens is 5. The first kappa shape index (κ1) is 19.6. The normalized spacial score (nSPS) is 12.0. The molecule has 0 spiro atoms. The fourth-order valence-electron chi connectivity index (χ4n) is 2.82. The number of anilines is 1. The van der Waals surface area contributed by atoms with E-state index >= 15 is 0 Å². The van der Waals surface area contributed by atoms with Gasteiger partial charge >= 0.3 is 0 Å². The van der Waals surface area contributed by atoms with Gasteiger partial charge in [-0.05, 0) is 25.1 Å². The zero-order valence-electron chi connectivity index (χ0n) is 16.0. The number of hydrogen-bond acceptors (Lipinski definition) is 7. The minimum absolute atomic E-state index is 0.209. The summed E-state index contributed by atoms with van der Waals surface area (Å²) in [7, 11) is 1.73. The second-order valence-corrected chi connectivity index (χ2v) is 7.51. The molecule has 0 fully saturated rings. The molecule has 9 nitrogen and oxygen atoms in total. The molecular weight excluding hydrogens is 409 g/mol. The number of nitrogens with one attached hydrogen (secondary N) is 2. The third-order valence-corrected chi connectivity index (χ3v) is 5.47. The van der Waals surface area contributed by atoms with E-state index in [1.165, 1.54) is 36.9 Å². The summed E-state index contributed by atoms with van der Waals surface area (Å²) in [6, 6.07) is 5.16. The van der Waals surface area contributed by atoms with Gasteiger partial charge in [0.15, 0.2) is 5.65 Å². The molecule has 1 unspecified atom stereocenters. The van der Waals surface area contributed by atoms with E-state index in [0.29, 0.717) is 26.6 Å². The van der Waals surface area contributed by atoms with Crippen LogP contribution in [-0.4, -0.2) is 36.5 Å². The molecule has 0 radical (unpaired) electrons. The van der Waals surface area contributed by atoms with Gasteiger partial charge in [0.05, 0.1) is 23.8 Å². The Bertz CT molecular complexity index is 1250. The number of benzene rings is 1. The summed E-state index contributed by atoms with van der Waals surface area (Å²) in [5, 5.41) is 10.6. The largest absolute Gasteiger partial charge is 0.342 e. The lowest BCUT2D eigenvalue weighted by Gasteiger charge is -2.11. The van der Waals surface area contributed by atoms with Gasteiger partial charge in [0.1, 0.15) is 27.7 Å². The average Bonchev–Trinajstić information content (AvgIpc) is 3.35. The van der Waals surface area contributed by atoms with Crippen LogP contribution >= 0.6 is 11.3 Å². The summed E-state index contributed by atoms with van der Waals surface area (Å²) in [6.07, 6.45) is 4.26. The highest BCUT2D eigenvalue weighted by Gasteiger charge is 2.20. The smallest absolute Gasteiger partial charge is 0.271 e. The molecule has 0 aliphatic carbocycles. The number of rotatable bonds is 5. The van der Waals surface area contributed by atoms with Crippen molar-refractivity contribution >= 4 is 39.9 Å². The molecule has 1 atom stereocenters. The highest BCUT2D eigenvalue weighted by molar-refractivity contribution is 7.13. The number of amides is 2. The van der Waals surface area contributed by atoms with Crippen molar-refractivity contribution in [2.45, 2.75) is 13.0 Å². The first-order valence-electron chi connectivity index (χ1n) is 8.88. The number of hydrogen-bond donors (Lipinski definition) is 2. The molecule has 30 heavy (non-hydrogen) atoms. The van der Waals surface area contributed by atoms with E-state index in [1.54, 1.807) is 24.7 Å². The van der Waals surface area contributed by atoms with Gasteiger partial charge in [0.25, 0.3) is 11.8 Å². The van der Waals surface area contributed by atoms with E-state index in [9.17, 15) is 14.0 Å². The highest BCUT2D eigenvalue weighted by atomic mass is 32.1. The van der Waals surface area contributed by atoms with Crippen LogP contribution in [0.25, 0.3) is 11.0 Å². The summed E-state index contributed by atoms with van der Waals surface area (Å²) in [6.45, 7) is 1.76. The van der Waals surface area contributed by atoms with Gasteiger partial charge in [-0.1, -0.05) is 6.07 Å². The van der Waals surface area contributed by atoms with Crippen LogP contribution in [0, 0.1) is 5.82 Å². The second-order valence-electron chi connectivity index (χ2n) is 6.45. The molecule has 4 aromatic rings. The topological polar surface area (TPSA) is 115 Å². The fraction of sp³-hybridized carbons (Fsp3) is 0.158. The van der Waals surface area contributed by atoms with Crippen LogP contribution in [0.1, 0.15) is 38.1 Å². The molecule has 0 saturated carbocycles. The van der Waals surface area contributed by atoms with Crippen LogP contribution in [0.2, 0.25) is 0 Å². The van der Waals surface area contributed by atoms with Gasteiger partial charge in [-0.15, -0.1) is 11.3 Å². The molecule has 2 N–H and O–H groups in total. The molecule has 0 bridgehead atoms. The van der Waals surface area contributed by atoms with Crippen molar-refractivity contribution < 1.29 is 14.0 Å². The number of carbonyl (C=O) groups is 2. The number of carbonyl (C=O) groups excluding carboxylic acids is 2. The minimum Gasteiger partial charge on any atom is -0.342 e. The maximum atomic E-state index is 13.3. The molecule has 3 aromatic heterocycles. The Labute approximate surface area is 174 Å². The van der Waals surface area contributed by atoms with E-state index in [-0.39, 0.29) is 5.69 Å². The molecule has 11 heteroatoms. The number of aryl methyl sites for hydroxylation is 1.